The highest BCUT2D eigenvalue weighted by Crippen LogP contribution is 2.49. The minimum Gasteiger partial charge on any atom is -0.310 e. The van der Waals surface area contributed by atoms with E-state index in [4.69, 9.17) is 0 Å². The molecule has 0 bridgehead atoms. The summed E-state index contributed by atoms with van der Waals surface area (Å²) in [5.74, 6) is 0. The summed E-state index contributed by atoms with van der Waals surface area (Å²) >= 11 is 0. The molecule has 2 nitrogen and oxygen atoms in total. The molecule has 11 aromatic rings. The van der Waals surface area contributed by atoms with Crippen LogP contribution in [0.3, 0.4) is 0 Å². The Hall–Kier alpha value is -8.20. The summed E-state index contributed by atoms with van der Waals surface area (Å²) in [6.45, 7) is 0. The maximum Gasteiger partial charge on any atom is 0.0547 e. The van der Waals surface area contributed by atoms with E-state index in [1.54, 1.807) is 0 Å². The molecule has 0 N–H and O–H groups in total. The van der Waals surface area contributed by atoms with E-state index < -0.39 is 0 Å². The third-order valence-electron chi connectivity index (χ3n) is 12.0. The molecule has 0 unspecified atom stereocenters. The molecule has 10 aromatic carbocycles. The average Bonchev–Trinajstić information content (AvgIpc) is 3.70. The van der Waals surface area contributed by atoms with Crippen LogP contribution < -0.4 is 4.90 Å². The molecule has 0 spiro atoms. The predicted octanol–water partition coefficient (Wildman–Crippen LogP) is 16.6. The summed E-state index contributed by atoms with van der Waals surface area (Å²) in [5.41, 5.74) is 18.6. The minimum atomic E-state index is 1.07. The Labute approximate surface area is 362 Å². The van der Waals surface area contributed by atoms with Gasteiger partial charge in [0.05, 0.1) is 16.7 Å². The Morgan fingerprint density at radius 1 is 0.290 bits per heavy atom. The molecule has 62 heavy (non-hydrogen) atoms. The van der Waals surface area contributed by atoms with Crippen molar-refractivity contribution in [1.82, 2.24) is 4.57 Å². The Morgan fingerprint density at radius 3 is 1.52 bits per heavy atom. The third kappa shape index (κ3) is 6.65. The zero-order chi connectivity index (χ0) is 41.2. The first kappa shape index (κ1) is 36.8. The number of aromatic nitrogens is 1. The van der Waals surface area contributed by atoms with Crippen molar-refractivity contribution in [2.75, 3.05) is 4.90 Å². The highest BCUT2D eigenvalue weighted by Gasteiger charge is 2.24. The Kier molecular flexibility index (Phi) is 9.57. The van der Waals surface area contributed by atoms with Gasteiger partial charge in [-0.05, 0) is 105 Å². The number of nitrogens with zero attached hydrogens (tertiary/aromatic N) is 2. The molecule has 0 saturated carbocycles. The molecule has 11 rings (SSSR count). The third-order valence-corrected chi connectivity index (χ3v) is 12.0. The Morgan fingerprint density at radius 2 is 0.790 bits per heavy atom. The monoisotopic (exact) mass is 790 g/mol. The Balaban J connectivity index is 1.14. The van der Waals surface area contributed by atoms with Crippen molar-refractivity contribution in [3.63, 3.8) is 0 Å². The molecular formula is C60H42N2. The first-order valence-corrected chi connectivity index (χ1v) is 21.3. The molecule has 2 heteroatoms. The van der Waals surface area contributed by atoms with Crippen LogP contribution in [0, 0.1) is 0 Å². The highest BCUT2D eigenvalue weighted by atomic mass is 15.1. The number of anilines is 3. The molecule has 0 radical (unpaired) electrons. The van der Waals surface area contributed by atoms with Crippen molar-refractivity contribution in [2.24, 2.45) is 0 Å². The van der Waals surface area contributed by atoms with E-state index >= 15 is 0 Å². The van der Waals surface area contributed by atoms with Crippen LogP contribution in [0.2, 0.25) is 0 Å². The maximum absolute atomic E-state index is 2.45. The van der Waals surface area contributed by atoms with E-state index in [0.717, 1.165) is 28.3 Å². The summed E-state index contributed by atoms with van der Waals surface area (Å²) in [7, 11) is 0. The van der Waals surface area contributed by atoms with Gasteiger partial charge in [-0.15, -0.1) is 0 Å². The lowest BCUT2D eigenvalue weighted by Gasteiger charge is -2.30. The molecule has 0 fully saturated rings. The summed E-state index contributed by atoms with van der Waals surface area (Å²) in [6, 6.07) is 92.1. The van der Waals surface area contributed by atoms with Crippen LogP contribution >= 0.6 is 0 Å². The predicted molar refractivity (Wildman–Crippen MR) is 263 cm³/mol. The molecule has 0 aliphatic carbocycles. The number of hydrogen-bond donors (Lipinski definition) is 0. The minimum absolute atomic E-state index is 1.07. The van der Waals surface area contributed by atoms with Crippen LogP contribution in [0.4, 0.5) is 17.1 Å². The summed E-state index contributed by atoms with van der Waals surface area (Å²) in [6.07, 6.45) is 0. The van der Waals surface area contributed by atoms with Crippen LogP contribution in [0.15, 0.2) is 255 Å². The fraction of sp³-hybridized carbons (Fsp3) is 0. The zero-order valence-corrected chi connectivity index (χ0v) is 34.1. The maximum atomic E-state index is 2.45. The van der Waals surface area contributed by atoms with Crippen LogP contribution in [0.1, 0.15) is 0 Å². The van der Waals surface area contributed by atoms with Crippen LogP contribution in [-0.4, -0.2) is 4.57 Å². The van der Waals surface area contributed by atoms with Crippen molar-refractivity contribution in [2.45, 2.75) is 0 Å². The molecule has 0 saturated heterocycles. The van der Waals surface area contributed by atoms with Gasteiger partial charge in [-0.1, -0.05) is 200 Å². The number of fused-ring (bicyclic) bond motifs is 3. The Bertz CT molecular complexity index is 3310. The standard InChI is InChI=1S/C60H42N2/c1-5-20-43(21-6-1)47-26-17-29-50(42-47)61(57-36-18-33-52(45-24-9-3-10-25-45)59(57)54-31-14-13-30-51(54)44-22-7-2-8-23-44)49-40-38-46(39-41-49)53-34-19-37-58-60(53)55-32-15-16-35-56(55)62(58)48-27-11-4-12-28-48/h1-42H. The van der Waals surface area contributed by atoms with Gasteiger partial charge in [0.25, 0.3) is 0 Å². The van der Waals surface area contributed by atoms with Crippen LogP contribution in [0.5, 0.6) is 0 Å². The van der Waals surface area contributed by atoms with Gasteiger partial charge in [-0.2, -0.15) is 0 Å². The van der Waals surface area contributed by atoms with Crippen LogP contribution in [-0.2, 0) is 0 Å². The van der Waals surface area contributed by atoms with Gasteiger partial charge in [0, 0.05) is 33.4 Å². The molecule has 0 aliphatic heterocycles. The van der Waals surface area contributed by atoms with E-state index in [1.807, 2.05) is 0 Å². The molecule has 292 valence electrons. The van der Waals surface area contributed by atoms with Gasteiger partial charge in [0.15, 0.2) is 0 Å². The van der Waals surface area contributed by atoms with E-state index in [9.17, 15) is 0 Å². The van der Waals surface area contributed by atoms with Gasteiger partial charge in [0.1, 0.15) is 0 Å². The lowest BCUT2D eigenvalue weighted by molar-refractivity contribution is 1.18. The molecular weight excluding hydrogens is 749 g/mol. The summed E-state index contributed by atoms with van der Waals surface area (Å²) in [4.78, 5) is 2.45. The van der Waals surface area contributed by atoms with Crippen molar-refractivity contribution in [1.29, 1.82) is 0 Å². The highest BCUT2D eigenvalue weighted by molar-refractivity contribution is 6.16. The van der Waals surface area contributed by atoms with E-state index in [-0.39, 0.29) is 0 Å². The molecule has 1 heterocycles. The average molecular weight is 791 g/mol. The van der Waals surface area contributed by atoms with E-state index in [1.165, 1.54) is 71.9 Å². The molecule has 1 aromatic heterocycles. The van der Waals surface area contributed by atoms with E-state index in [2.05, 4.69) is 264 Å². The fourth-order valence-electron chi connectivity index (χ4n) is 9.23. The van der Waals surface area contributed by atoms with Gasteiger partial charge in [0.2, 0.25) is 0 Å². The second kappa shape index (κ2) is 16.1. The number of para-hydroxylation sites is 2. The number of benzene rings is 10. The lowest BCUT2D eigenvalue weighted by atomic mass is 9.87. The quantitative estimate of drug-likeness (QED) is 0.141. The first-order chi connectivity index (χ1) is 30.8. The zero-order valence-electron chi connectivity index (χ0n) is 34.1. The topological polar surface area (TPSA) is 8.17 Å². The summed E-state index contributed by atoms with van der Waals surface area (Å²) in [5, 5.41) is 2.49. The number of rotatable bonds is 9. The summed E-state index contributed by atoms with van der Waals surface area (Å²) < 4.78 is 2.39. The smallest absolute Gasteiger partial charge is 0.0547 e. The van der Waals surface area contributed by atoms with Gasteiger partial charge in [-0.25, -0.2) is 0 Å². The van der Waals surface area contributed by atoms with Gasteiger partial charge in [-0.3, -0.25) is 0 Å². The normalized spacial score (nSPS) is 11.2. The molecule has 0 aliphatic rings. The van der Waals surface area contributed by atoms with Crippen molar-refractivity contribution in [3.05, 3.63) is 255 Å². The van der Waals surface area contributed by atoms with Gasteiger partial charge >= 0.3 is 0 Å². The molecule has 0 atom stereocenters. The van der Waals surface area contributed by atoms with Crippen molar-refractivity contribution >= 4 is 38.9 Å². The van der Waals surface area contributed by atoms with E-state index in [0.29, 0.717) is 0 Å². The SMILES string of the molecule is c1ccc(-c2cccc(N(c3ccc(-c4cccc5c4c4ccccc4n5-c4ccccc4)cc3)c3cccc(-c4ccccc4)c3-c3ccccc3-c3ccccc3)c2)cc1. The fourth-order valence-corrected chi connectivity index (χ4v) is 9.23. The second-order valence-corrected chi connectivity index (χ2v) is 15.7. The second-order valence-electron chi connectivity index (χ2n) is 15.7. The first-order valence-electron chi connectivity index (χ1n) is 21.3. The molecule has 0 amide bonds. The van der Waals surface area contributed by atoms with Crippen molar-refractivity contribution < 1.29 is 0 Å². The lowest BCUT2D eigenvalue weighted by Crippen LogP contribution is -2.12. The van der Waals surface area contributed by atoms with Gasteiger partial charge < -0.3 is 9.47 Å². The number of hydrogen-bond acceptors (Lipinski definition) is 1. The van der Waals surface area contributed by atoms with Crippen molar-refractivity contribution in [3.8, 4) is 61.3 Å². The van der Waals surface area contributed by atoms with Crippen LogP contribution in [0.25, 0.3) is 83.1 Å². The largest absolute Gasteiger partial charge is 0.310 e.